The fourth-order valence-electron chi connectivity index (χ4n) is 6.99. The Kier molecular flexibility index (Phi) is 8.05. The van der Waals surface area contributed by atoms with E-state index in [4.69, 9.17) is 17.3 Å². The minimum absolute atomic E-state index is 0.0863. The second-order valence-corrected chi connectivity index (χ2v) is 12.4. The first-order valence-electron chi connectivity index (χ1n) is 14.8. The Hall–Kier alpha value is -2.52. The quantitative estimate of drug-likeness (QED) is 0.274. The maximum Gasteiger partial charge on any atom is 0.147 e. The summed E-state index contributed by atoms with van der Waals surface area (Å²) in [6.45, 7) is 6.99. The second-order valence-electron chi connectivity index (χ2n) is 12.0. The van der Waals surface area contributed by atoms with Gasteiger partial charge in [0.05, 0.1) is 5.41 Å². The molecule has 0 fully saturated rings. The molecule has 1 heterocycles. The SMILES string of the molecule is CCCCCCCCCCCCC1=C2C3=C(C=C[C@]2(C)C(n2cnc(Cl)c2)=C1)[C@]1(C)CC(N)=CC=C1C=C3. The van der Waals surface area contributed by atoms with Crippen molar-refractivity contribution in [3.8, 4) is 0 Å². The zero-order valence-electron chi connectivity index (χ0n) is 23.5. The Labute approximate surface area is 234 Å². The molecule has 38 heavy (non-hydrogen) atoms. The maximum atomic E-state index is 6.36. The lowest BCUT2D eigenvalue weighted by molar-refractivity contribution is 0.473. The third-order valence-corrected chi connectivity index (χ3v) is 9.35. The van der Waals surface area contributed by atoms with Crippen LogP contribution in [0.4, 0.5) is 0 Å². The summed E-state index contributed by atoms with van der Waals surface area (Å²) in [6.07, 6.45) is 35.4. The van der Waals surface area contributed by atoms with Gasteiger partial charge in [0.2, 0.25) is 0 Å². The minimum Gasteiger partial charge on any atom is -0.402 e. The van der Waals surface area contributed by atoms with Crippen molar-refractivity contribution in [1.82, 2.24) is 9.55 Å². The lowest BCUT2D eigenvalue weighted by Gasteiger charge is -2.43. The molecule has 0 radical (unpaired) electrons. The van der Waals surface area contributed by atoms with Crippen molar-refractivity contribution >= 4 is 17.3 Å². The molecule has 0 amide bonds. The number of unbranched alkanes of at least 4 members (excludes halogenated alkanes) is 9. The molecule has 0 aromatic carbocycles. The Morgan fingerprint density at radius 1 is 0.947 bits per heavy atom. The van der Waals surface area contributed by atoms with E-state index in [1.807, 2.05) is 12.5 Å². The zero-order valence-corrected chi connectivity index (χ0v) is 24.3. The van der Waals surface area contributed by atoms with E-state index in [0.29, 0.717) is 5.15 Å². The van der Waals surface area contributed by atoms with Gasteiger partial charge in [-0.25, -0.2) is 4.98 Å². The van der Waals surface area contributed by atoms with Crippen LogP contribution in [0.5, 0.6) is 0 Å². The largest absolute Gasteiger partial charge is 0.402 e. The topological polar surface area (TPSA) is 43.8 Å². The average molecular weight is 530 g/mol. The second kappa shape index (κ2) is 11.3. The molecular weight excluding hydrogens is 486 g/mol. The van der Waals surface area contributed by atoms with Crippen LogP contribution in [0.1, 0.15) is 97.8 Å². The summed E-state index contributed by atoms with van der Waals surface area (Å²) in [5.74, 6) is 0. The van der Waals surface area contributed by atoms with Crippen LogP contribution in [0, 0.1) is 10.8 Å². The van der Waals surface area contributed by atoms with Crippen LogP contribution in [-0.2, 0) is 0 Å². The van der Waals surface area contributed by atoms with E-state index in [0.717, 1.165) is 18.5 Å². The van der Waals surface area contributed by atoms with E-state index in [9.17, 15) is 0 Å². The van der Waals surface area contributed by atoms with Gasteiger partial charge < -0.3 is 10.3 Å². The van der Waals surface area contributed by atoms with E-state index in [1.54, 1.807) is 0 Å². The van der Waals surface area contributed by atoms with Gasteiger partial charge in [0, 0.05) is 29.4 Å². The van der Waals surface area contributed by atoms with Crippen LogP contribution in [0.25, 0.3) is 5.70 Å². The smallest absolute Gasteiger partial charge is 0.147 e. The Bertz CT molecular complexity index is 1280. The molecule has 5 rings (SSSR count). The third kappa shape index (κ3) is 5.07. The van der Waals surface area contributed by atoms with Gasteiger partial charge in [-0.3, -0.25) is 0 Å². The zero-order chi connectivity index (χ0) is 26.8. The first kappa shape index (κ1) is 27.1. The Balaban J connectivity index is 1.36. The molecule has 4 aliphatic carbocycles. The van der Waals surface area contributed by atoms with Gasteiger partial charge >= 0.3 is 0 Å². The van der Waals surface area contributed by atoms with Crippen LogP contribution in [0.3, 0.4) is 0 Å². The van der Waals surface area contributed by atoms with Gasteiger partial charge in [-0.2, -0.15) is 0 Å². The number of imidazole rings is 1. The van der Waals surface area contributed by atoms with Crippen LogP contribution >= 0.6 is 11.6 Å². The molecule has 0 saturated carbocycles. The minimum atomic E-state index is -0.214. The van der Waals surface area contributed by atoms with Crippen LogP contribution in [0.15, 0.2) is 88.6 Å². The predicted octanol–water partition coefficient (Wildman–Crippen LogP) is 9.62. The maximum absolute atomic E-state index is 6.36. The number of nitrogens with zero attached hydrogens (tertiary/aromatic N) is 2. The molecule has 0 saturated heterocycles. The van der Waals surface area contributed by atoms with Crippen LogP contribution in [0.2, 0.25) is 5.15 Å². The molecule has 2 N–H and O–H groups in total. The van der Waals surface area contributed by atoms with Crippen molar-refractivity contribution in [1.29, 1.82) is 0 Å². The summed E-state index contributed by atoms with van der Waals surface area (Å²) >= 11 is 6.26. The van der Waals surface area contributed by atoms with Crippen molar-refractivity contribution < 1.29 is 0 Å². The third-order valence-electron chi connectivity index (χ3n) is 9.15. The number of hydrogen-bond donors (Lipinski definition) is 1. The summed E-state index contributed by atoms with van der Waals surface area (Å²) in [4.78, 5) is 4.33. The van der Waals surface area contributed by atoms with Crippen molar-refractivity contribution in [2.24, 2.45) is 16.6 Å². The lowest BCUT2D eigenvalue weighted by atomic mass is 9.60. The molecular formula is C34H44ClN3. The van der Waals surface area contributed by atoms with Crippen molar-refractivity contribution in [3.63, 3.8) is 0 Å². The van der Waals surface area contributed by atoms with Gasteiger partial charge in [-0.15, -0.1) is 0 Å². The summed E-state index contributed by atoms with van der Waals surface area (Å²) < 4.78 is 2.12. The number of halogens is 1. The summed E-state index contributed by atoms with van der Waals surface area (Å²) in [5.41, 5.74) is 15.3. The Morgan fingerprint density at radius 3 is 2.34 bits per heavy atom. The fraction of sp³-hybridized carbons (Fsp3) is 0.500. The highest BCUT2D eigenvalue weighted by molar-refractivity contribution is 6.29. The number of aromatic nitrogens is 2. The molecule has 2 atom stereocenters. The van der Waals surface area contributed by atoms with Crippen LogP contribution in [-0.4, -0.2) is 9.55 Å². The monoisotopic (exact) mass is 529 g/mol. The predicted molar refractivity (Wildman–Crippen MR) is 161 cm³/mol. The molecule has 202 valence electrons. The summed E-state index contributed by atoms with van der Waals surface area (Å²) in [6, 6.07) is 0. The van der Waals surface area contributed by atoms with Gasteiger partial charge in [-0.05, 0) is 59.8 Å². The molecule has 3 nitrogen and oxygen atoms in total. The standard InChI is InChI=1S/C34H44ClN3/c1-4-5-6-7-8-9-10-11-12-13-14-25-21-30(38-23-31(35)37-24-38)33(2)20-19-29-28(32(25)33)18-16-26-15-17-27(36)22-34(26,29)3/h15-21,23-24H,4-14,22,36H2,1-3H3/t33-,34-/m1/s1. The molecule has 4 aliphatic rings. The first-order valence-corrected chi connectivity index (χ1v) is 15.2. The first-order chi connectivity index (χ1) is 18.4. The number of allylic oxidation sites excluding steroid dienone is 14. The van der Waals surface area contributed by atoms with E-state index >= 15 is 0 Å². The highest BCUT2D eigenvalue weighted by Gasteiger charge is 2.46. The number of fused-ring (bicyclic) bond motifs is 4. The number of hydrogen-bond acceptors (Lipinski definition) is 2. The van der Waals surface area contributed by atoms with Gasteiger partial charge in [0.1, 0.15) is 11.5 Å². The summed E-state index contributed by atoms with van der Waals surface area (Å²) in [7, 11) is 0. The van der Waals surface area contributed by atoms with Gasteiger partial charge in [0.25, 0.3) is 0 Å². The van der Waals surface area contributed by atoms with E-state index in [-0.39, 0.29) is 10.8 Å². The molecule has 0 aliphatic heterocycles. The summed E-state index contributed by atoms with van der Waals surface area (Å²) in [5, 5.41) is 0.531. The number of rotatable bonds is 12. The molecule has 4 heteroatoms. The molecule has 0 unspecified atom stereocenters. The van der Waals surface area contributed by atoms with E-state index in [1.165, 1.54) is 97.8 Å². The van der Waals surface area contributed by atoms with Gasteiger partial charge in [0.15, 0.2) is 0 Å². The lowest BCUT2D eigenvalue weighted by Crippen LogP contribution is -2.33. The molecule has 0 bridgehead atoms. The molecule has 1 aromatic rings. The highest BCUT2D eigenvalue weighted by atomic mass is 35.5. The van der Waals surface area contributed by atoms with Crippen LogP contribution < -0.4 is 5.73 Å². The van der Waals surface area contributed by atoms with E-state index < -0.39 is 0 Å². The molecule has 1 aromatic heterocycles. The van der Waals surface area contributed by atoms with Crippen molar-refractivity contribution in [3.05, 3.63) is 93.8 Å². The van der Waals surface area contributed by atoms with Crippen molar-refractivity contribution in [2.75, 3.05) is 0 Å². The highest BCUT2D eigenvalue weighted by Crippen LogP contribution is 2.59. The average Bonchev–Trinajstić information content (AvgIpc) is 3.44. The van der Waals surface area contributed by atoms with Gasteiger partial charge in [-0.1, -0.05) is 114 Å². The normalized spacial score (nSPS) is 25.7. The van der Waals surface area contributed by atoms with Crippen molar-refractivity contribution in [2.45, 2.75) is 97.8 Å². The molecule has 0 spiro atoms. The van der Waals surface area contributed by atoms with E-state index in [2.05, 4.69) is 72.9 Å². The Morgan fingerprint density at radius 2 is 1.66 bits per heavy atom. The fourth-order valence-corrected chi connectivity index (χ4v) is 7.13. The number of nitrogens with two attached hydrogens (primary N) is 1.